The third kappa shape index (κ3) is 5.55. The SMILES string of the molecule is C=C/C=C\c1c(C)oc2nc(Cl)c(-n3c(=C/C)/c(=C\CC)c4c5cc(-c6ccc7c8ccccc8n(-c8ccccc8)c7c6)ccc5c5c6cc7ccccc7cc6sc5c43)nc12. The molecule has 12 aromatic rings. The van der Waals surface area contributed by atoms with Gasteiger partial charge in [-0.1, -0.05) is 134 Å². The molecule has 0 radical (unpaired) electrons. The number of rotatable bonds is 6. The average molecular weight is 851 g/mol. The molecule has 12 rings (SSSR count). The van der Waals surface area contributed by atoms with Crippen LogP contribution in [0.25, 0.3) is 127 Å². The van der Waals surface area contributed by atoms with Crippen molar-refractivity contribution in [2.24, 2.45) is 0 Å². The lowest BCUT2D eigenvalue weighted by molar-refractivity contribution is 0.566. The molecule has 0 saturated carbocycles. The third-order valence-corrected chi connectivity index (χ3v) is 14.0. The molecule has 0 unspecified atom stereocenters. The van der Waals surface area contributed by atoms with E-state index in [1.807, 2.05) is 30.4 Å². The Balaban J connectivity index is 1.23. The zero-order valence-corrected chi connectivity index (χ0v) is 36.5. The van der Waals surface area contributed by atoms with Crippen molar-refractivity contribution in [3.05, 3.63) is 173 Å². The maximum absolute atomic E-state index is 7.27. The first-order chi connectivity index (χ1) is 30.9. The molecular formula is C56H39ClN4OS. The maximum Gasteiger partial charge on any atom is 0.247 e. The molecule has 5 aromatic heterocycles. The number of nitrogens with zero attached hydrogens (tertiary/aromatic N) is 4. The number of aryl methyl sites for hydroxylation is 1. The van der Waals surface area contributed by atoms with E-state index in [9.17, 15) is 0 Å². The van der Waals surface area contributed by atoms with Crippen molar-refractivity contribution in [3.8, 4) is 22.6 Å². The van der Waals surface area contributed by atoms with Gasteiger partial charge in [-0.15, -0.1) is 11.3 Å². The normalized spacial score (nSPS) is 13.0. The van der Waals surface area contributed by atoms with Gasteiger partial charge in [0.25, 0.3) is 0 Å². The molecule has 0 atom stereocenters. The van der Waals surface area contributed by atoms with Gasteiger partial charge in [0.15, 0.2) is 11.0 Å². The number of furan rings is 1. The molecular weight excluding hydrogens is 812 g/mol. The zero-order chi connectivity index (χ0) is 42.5. The van der Waals surface area contributed by atoms with Gasteiger partial charge in [0.2, 0.25) is 5.71 Å². The lowest BCUT2D eigenvalue weighted by Gasteiger charge is -2.12. The van der Waals surface area contributed by atoms with Crippen molar-refractivity contribution in [2.75, 3.05) is 0 Å². The highest BCUT2D eigenvalue weighted by Crippen LogP contribution is 2.46. The second-order valence-corrected chi connectivity index (χ2v) is 17.5. The first kappa shape index (κ1) is 37.5. The summed E-state index contributed by atoms with van der Waals surface area (Å²) in [5.74, 6) is 1.28. The molecule has 0 spiro atoms. The first-order valence-electron chi connectivity index (χ1n) is 21.3. The smallest absolute Gasteiger partial charge is 0.247 e. The number of thiophene rings is 1. The minimum atomic E-state index is 0.273. The average Bonchev–Trinajstić information content (AvgIpc) is 4.04. The van der Waals surface area contributed by atoms with E-state index in [-0.39, 0.29) is 5.15 Å². The fourth-order valence-corrected chi connectivity index (χ4v) is 11.4. The summed E-state index contributed by atoms with van der Waals surface area (Å²) in [4.78, 5) is 10.2. The van der Waals surface area contributed by atoms with E-state index < -0.39 is 0 Å². The highest BCUT2D eigenvalue weighted by atomic mass is 35.5. The van der Waals surface area contributed by atoms with Gasteiger partial charge < -0.3 is 8.98 Å². The Labute approximate surface area is 371 Å². The standard InChI is InChI=1S/C56H39ClN4OS/c1-5-8-21-38-32(4)62-56-51(38)58-55(54(57)59-56)61-45(7-3)42(16-6-2)49-43-28-35(25-27-41(43)50-44-29-33-17-12-13-18-34(33)31-48(44)63-53(50)52(49)61)36-24-26-40-39-22-14-15-23-46(39)60(47(40)30-36)37-19-10-9-11-20-37/h5,7-31H,1,6H2,2-4H3/b21-8-,42-16+,45-7+. The highest BCUT2D eigenvalue weighted by molar-refractivity contribution is 7.27. The number of halogens is 1. The minimum Gasteiger partial charge on any atom is -0.441 e. The Kier molecular flexibility index (Phi) is 8.58. The van der Waals surface area contributed by atoms with Crippen LogP contribution in [0, 0.1) is 6.92 Å². The van der Waals surface area contributed by atoms with Crippen molar-refractivity contribution in [3.63, 3.8) is 0 Å². The number of aromatic nitrogens is 4. The summed E-state index contributed by atoms with van der Waals surface area (Å²) < 4.78 is 13.2. The molecule has 7 aromatic carbocycles. The van der Waals surface area contributed by atoms with Gasteiger partial charge in [0, 0.05) is 48.1 Å². The second-order valence-electron chi connectivity index (χ2n) is 16.1. The maximum atomic E-state index is 7.27. The van der Waals surface area contributed by atoms with Gasteiger partial charge in [-0.3, -0.25) is 4.57 Å². The van der Waals surface area contributed by atoms with Gasteiger partial charge in [0.1, 0.15) is 11.3 Å². The number of hydrogen-bond acceptors (Lipinski definition) is 4. The summed E-state index contributed by atoms with van der Waals surface area (Å²) >= 11 is 9.09. The van der Waals surface area contributed by atoms with Crippen LogP contribution in [0.3, 0.4) is 0 Å². The summed E-state index contributed by atoms with van der Waals surface area (Å²) in [5, 5.41) is 13.3. The van der Waals surface area contributed by atoms with Crippen LogP contribution >= 0.6 is 22.9 Å². The fraction of sp³-hybridized carbons (Fsp3) is 0.0714. The third-order valence-electron chi connectivity index (χ3n) is 12.6. The van der Waals surface area contributed by atoms with Gasteiger partial charge in [-0.05, 0) is 101 Å². The van der Waals surface area contributed by atoms with Crippen molar-refractivity contribution in [1.29, 1.82) is 0 Å². The van der Waals surface area contributed by atoms with Gasteiger partial charge in [-0.2, -0.15) is 4.98 Å². The molecule has 0 aliphatic heterocycles. The summed E-state index contributed by atoms with van der Waals surface area (Å²) in [6, 6.07) is 46.7. The molecule has 0 bridgehead atoms. The Morgan fingerprint density at radius 3 is 2.25 bits per heavy atom. The summed E-state index contributed by atoms with van der Waals surface area (Å²) in [6.07, 6.45) is 11.0. The van der Waals surface area contributed by atoms with Gasteiger partial charge >= 0.3 is 0 Å². The van der Waals surface area contributed by atoms with Crippen LogP contribution in [0.5, 0.6) is 0 Å². The molecule has 0 amide bonds. The largest absolute Gasteiger partial charge is 0.441 e. The molecule has 0 fully saturated rings. The van der Waals surface area contributed by atoms with Crippen LogP contribution in [0.4, 0.5) is 0 Å². The zero-order valence-electron chi connectivity index (χ0n) is 34.9. The van der Waals surface area contributed by atoms with Crippen LogP contribution in [-0.4, -0.2) is 19.1 Å². The van der Waals surface area contributed by atoms with E-state index >= 15 is 0 Å². The van der Waals surface area contributed by atoms with Crippen molar-refractivity contribution >= 4 is 127 Å². The van der Waals surface area contributed by atoms with Crippen molar-refractivity contribution in [1.82, 2.24) is 19.1 Å². The van der Waals surface area contributed by atoms with E-state index in [0.717, 1.165) is 56.0 Å². The van der Waals surface area contributed by atoms with Crippen LogP contribution in [0.15, 0.2) is 151 Å². The van der Waals surface area contributed by atoms with Crippen LogP contribution in [0.1, 0.15) is 31.6 Å². The number of fused-ring (bicyclic) bond motifs is 13. The van der Waals surface area contributed by atoms with E-state index in [1.54, 1.807) is 6.08 Å². The van der Waals surface area contributed by atoms with E-state index in [0.29, 0.717) is 17.0 Å². The molecule has 5 heterocycles. The summed E-state index contributed by atoms with van der Waals surface area (Å²) in [5.41, 5.74) is 8.76. The van der Waals surface area contributed by atoms with E-state index in [2.05, 4.69) is 169 Å². The van der Waals surface area contributed by atoms with Gasteiger partial charge in [0.05, 0.1) is 26.6 Å². The number of allylic oxidation sites excluding steroid dienone is 2. The lowest BCUT2D eigenvalue weighted by atomic mass is 9.94. The quantitative estimate of drug-likeness (QED) is 0.157. The predicted octanol–water partition coefficient (Wildman–Crippen LogP) is 14.8. The lowest BCUT2D eigenvalue weighted by Crippen LogP contribution is -2.28. The number of para-hydroxylation sites is 2. The minimum absolute atomic E-state index is 0.273. The Morgan fingerprint density at radius 2 is 1.46 bits per heavy atom. The van der Waals surface area contributed by atoms with E-state index in [4.69, 9.17) is 26.0 Å². The van der Waals surface area contributed by atoms with Crippen LogP contribution < -0.4 is 10.6 Å². The van der Waals surface area contributed by atoms with Crippen LogP contribution in [-0.2, 0) is 0 Å². The number of benzene rings is 7. The molecule has 5 nitrogen and oxygen atoms in total. The summed E-state index contributed by atoms with van der Waals surface area (Å²) in [6.45, 7) is 10.1. The Morgan fingerprint density at radius 1 is 0.730 bits per heavy atom. The van der Waals surface area contributed by atoms with Crippen molar-refractivity contribution in [2.45, 2.75) is 27.2 Å². The van der Waals surface area contributed by atoms with Crippen LogP contribution in [0.2, 0.25) is 5.15 Å². The molecule has 0 saturated heterocycles. The highest BCUT2D eigenvalue weighted by Gasteiger charge is 2.25. The van der Waals surface area contributed by atoms with Crippen molar-refractivity contribution < 1.29 is 4.42 Å². The van der Waals surface area contributed by atoms with Gasteiger partial charge in [-0.25, -0.2) is 4.98 Å². The fourth-order valence-electron chi connectivity index (χ4n) is 9.89. The van der Waals surface area contributed by atoms with E-state index in [1.165, 1.54) is 63.5 Å². The molecule has 0 aliphatic rings. The first-order valence-corrected chi connectivity index (χ1v) is 22.5. The summed E-state index contributed by atoms with van der Waals surface area (Å²) in [7, 11) is 0. The number of hydrogen-bond donors (Lipinski definition) is 0. The topological polar surface area (TPSA) is 48.8 Å². The Hall–Kier alpha value is -7.25. The predicted molar refractivity (Wildman–Crippen MR) is 269 cm³/mol. The molecule has 63 heavy (non-hydrogen) atoms. The Bertz CT molecular complexity index is 4070. The molecule has 0 aliphatic carbocycles. The molecule has 0 N–H and O–H groups in total. The second kappa shape index (κ2) is 14.4. The monoisotopic (exact) mass is 850 g/mol. The molecule has 302 valence electrons. The molecule has 7 heteroatoms.